The van der Waals surface area contributed by atoms with Crippen LogP contribution in [0.3, 0.4) is 0 Å². The fourth-order valence-corrected chi connectivity index (χ4v) is 4.18. The van der Waals surface area contributed by atoms with Gasteiger partial charge in [0.05, 0.1) is 5.88 Å². The summed E-state index contributed by atoms with van der Waals surface area (Å²) in [6.07, 6.45) is 0. The highest BCUT2D eigenvalue weighted by Gasteiger charge is 2.08. The van der Waals surface area contributed by atoms with Crippen molar-refractivity contribution in [2.75, 3.05) is 0 Å². The molecule has 1 aromatic carbocycles. The van der Waals surface area contributed by atoms with Crippen LogP contribution in [0.15, 0.2) is 22.7 Å². The minimum Gasteiger partial charge on any atom is -0.138 e. The predicted octanol–water partition coefficient (Wildman–Crippen LogP) is 5.01. The highest BCUT2D eigenvalue weighted by molar-refractivity contribution is 14.1. The first kappa shape index (κ1) is 10.2. The number of halogens is 3. The number of hydrogen-bond acceptors (Lipinski definition) is 1. The number of hydrogen-bond donors (Lipinski definition) is 0. The maximum atomic E-state index is 5.82. The standard InChI is InChI=1S/C9H5BrClIS/c10-9-6-2-1-5(12)3-7(6)13-8(9)4-11/h1-3H,4H2. The van der Waals surface area contributed by atoms with Crippen LogP contribution in [0, 0.1) is 3.57 Å². The molecule has 0 spiro atoms. The summed E-state index contributed by atoms with van der Waals surface area (Å²) in [5.41, 5.74) is 0. The number of fused-ring (bicyclic) bond motifs is 1. The van der Waals surface area contributed by atoms with Crippen LogP contribution in [0.2, 0.25) is 0 Å². The molecule has 0 saturated heterocycles. The zero-order valence-corrected chi connectivity index (χ0v) is 11.8. The molecule has 68 valence electrons. The Balaban J connectivity index is 2.76. The summed E-state index contributed by atoms with van der Waals surface area (Å²) < 4.78 is 3.72. The predicted molar refractivity (Wildman–Crippen MR) is 71.8 cm³/mol. The van der Waals surface area contributed by atoms with E-state index in [4.69, 9.17) is 11.6 Å². The lowest BCUT2D eigenvalue weighted by Gasteiger charge is -1.91. The second-order valence-corrected chi connectivity index (χ2v) is 6.06. The van der Waals surface area contributed by atoms with Crippen molar-refractivity contribution < 1.29 is 0 Å². The lowest BCUT2D eigenvalue weighted by molar-refractivity contribution is 1.51. The van der Waals surface area contributed by atoms with Gasteiger partial charge in [0, 0.05) is 23.0 Å². The fourth-order valence-electron chi connectivity index (χ4n) is 1.18. The third-order valence-corrected chi connectivity index (χ3v) is 5.20. The van der Waals surface area contributed by atoms with E-state index < -0.39 is 0 Å². The topological polar surface area (TPSA) is 0 Å². The van der Waals surface area contributed by atoms with Crippen LogP contribution in [-0.2, 0) is 5.88 Å². The molecule has 0 N–H and O–H groups in total. The maximum Gasteiger partial charge on any atom is 0.0579 e. The van der Waals surface area contributed by atoms with Gasteiger partial charge in [-0.15, -0.1) is 22.9 Å². The average Bonchev–Trinajstić information content (AvgIpc) is 2.42. The first-order valence-corrected chi connectivity index (χ1v) is 6.87. The van der Waals surface area contributed by atoms with Gasteiger partial charge in [-0.05, 0) is 50.7 Å². The van der Waals surface area contributed by atoms with E-state index in [0.717, 1.165) is 4.47 Å². The Morgan fingerprint density at radius 1 is 1.46 bits per heavy atom. The molecule has 0 aliphatic heterocycles. The lowest BCUT2D eigenvalue weighted by atomic mass is 10.2. The fraction of sp³-hybridized carbons (Fsp3) is 0.111. The van der Waals surface area contributed by atoms with Gasteiger partial charge in [0.25, 0.3) is 0 Å². The summed E-state index contributed by atoms with van der Waals surface area (Å²) in [6.45, 7) is 0. The van der Waals surface area contributed by atoms with Crippen molar-refractivity contribution >= 4 is 71.5 Å². The monoisotopic (exact) mass is 386 g/mol. The molecule has 13 heavy (non-hydrogen) atoms. The highest BCUT2D eigenvalue weighted by atomic mass is 127. The quantitative estimate of drug-likeness (QED) is 0.477. The highest BCUT2D eigenvalue weighted by Crippen LogP contribution is 2.36. The van der Waals surface area contributed by atoms with Gasteiger partial charge in [0.1, 0.15) is 0 Å². The normalized spacial score (nSPS) is 11.0. The lowest BCUT2D eigenvalue weighted by Crippen LogP contribution is -1.69. The van der Waals surface area contributed by atoms with Gasteiger partial charge >= 0.3 is 0 Å². The van der Waals surface area contributed by atoms with Gasteiger partial charge in [-0.3, -0.25) is 0 Å². The minimum absolute atomic E-state index is 0.580. The molecule has 0 radical (unpaired) electrons. The van der Waals surface area contributed by atoms with Crippen molar-refractivity contribution in [3.05, 3.63) is 31.1 Å². The molecule has 0 unspecified atom stereocenters. The Morgan fingerprint density at radius 3 is 2.92 bits per heavy atom. The molecule has 2 aromatic rings. The molecule has 0 aliphatic carbocycles. The summed E-state index contributed by atoms with van der Waals surface area (Å²) >= 11 is 13.5. The van der Waals surface area contributed by atoms with Gasteiger partial charge in [-0.2, -0.15) is 0 Å². The molecule has 0 bridgehead atoms. The van der Waals surface area contributed by atoms with Crippen LogP contribution in [-0.4, -0.2) is 0 Å². The summed E-state index contributed by atoms with van der Waals surface area (Å²) in [4.78, 5) is 1.21. The average molecular weight is 387 g/mol. The van der Waals surface area contributed by atoms with E-state index >= 15 is 0 Å². The zero-order valence-electron chi connectivity index (χ0n) is 6.48. The van der Waals surface area contributed by atoms with Crippen LogP contribution >= 0.6 is 61.5 Å². The molecule has 1 heterocycles. The van der Waals surface area contributed by atoms with Gasteiger partial charge in [0.15, 0.2) is 0 Å². The van der Waals surface area contributed by atoms with Crippen LogP contribution < -0.4 is 0 Å². The first-order valence-electron chi connectivity index (χ1n) is 3.65. The molecular weight excluding hydrogens is 382 g/mol. The van der Waals surface area contributed by atoms with Crippen molar-refractivity contribution in [2.45, 2.75) is 5.88 Å². The van der Waals surface area contributed by atoms with Gasteiger partial charge in [0.2, 0.25) is 0 Å². The van der Waals surface area contributed by atoms with E-state index in [1.165, 1.54) is 18.5 Å². The molecule has 0 fully saturated rings. The van der Waals surface area contributed by atoms with Crippen LogP contribution in [0.25, 0.3) is 10.1 Å². The SMILES string of the molecule is ClCc1sc2cc(I)ccc2c1Br. The van der Waals surface area contributed by atoms with Crippen molar-refractivity contribution in [1.82, 2.24) is 0 Å². The van der Waals surface area contributed by atoms with E-state index in [9.17, 15) is 0 Å². The Morgan fingerprint density at radius 2 is 2.23 bits per heavy atom. The summed E-state index contributed by atoms with van der Waals surface area (Å²) in [5.74, 6) is 0.580. The largest absolute Gasteiger partial charge is 0.138 e. The molecule has 0 nitrogen and oxygen atoms in total. The Hall–Kier alpha value is 0.680. The Labute approximate surface area is 108 Å². The van der Waals surface area contributed by atoms with E-state index in [0.29, 0.717) is 5.88 Å². The van der Waals surface area contributed by atoms with Crippen molar-refractivity contribution in [3.63, 3.8) is 0 Å². The molecule has 0 saturated carbocycles. The third kappa shape index (κ3) is 1.89. The zero-order chi connectivity index (χ0) is 9.42. The third-order valence-electron chi connectivity index (χ3n) is 1.78. The van der Waals surface area contributed by atoms with Crippen LogP contribution in [0.4, 0.5) is 0 Å². The van der Waals surface area contributed by atoms with Gasteiger partial charge in [-0.1, -0.05) is 6.07 Å². The second-order valence-electron chi connectivity index (χ2n) is 2.61. The minimum atomic E-state index is 0.580. The number of benzene rings is 1. The van der Waals surface area contributed by atoms with E-state index in [2.05, 4.69) is 56.7 Å². The van der Waals surface area contributed by atoms with E-state index in [1.807, 2.05) is 0 Å². The second kappa shape index (κ2) is 4.04. The summed E-state index contributed by atoms with van der Waals surface area (Å²) in [7, 11) is 0. The maximum absolute atomic E-state index is 5.82. The summed E-state index contributed by atoms with van der Waals surface area (Å²) in [6, 6.07) is 6.42. The first-order chi connectivity index (χ1) is 6.22. The smallest absolute Gasteiger partial charge is 0.0579 e. The molecule has 4 heteroatoms. The van der Waals surface area contributed by atoms with Crippen molar-refractivity contribution in [1.29, 1.82) is 0 Å². The molecule has 2 rings (SSSR count). The molecular formula is C9H5BrClIS. The van der Waals surface area contributed by atoms with E-state index in [-0.39, 0.29) is 0 Å². The molecule has 0 amide bonds. The summed E-state index contributed by atoms with van der Waals surface area (Å²) in [5, 5.41) is 1.26. The van der Waals surface area contributed by atoms with Crippen molar-refractivity contribution in [2.24, 2.45) is 0 Å². The van der Waals surface area contributed by atoms with Crippen LogP contribution in [0.5, 0.6) is 0 Å². The Kier molecular flexibility index (Phi) is 3.18. The van der Waals surface area contributed by atoms with Gasteiger partial charge < -0.3 is 0 Å². The van der Waals surface area contributed by atoms with Crippen molar-refractivity contribution in [3.8, 4) is 0 Å². The molecule has 1 aromatic heterocycles. The molecule has 0 atom stereocenters. The number of thiophene rings is 1. The van der Waals surface area contributed by atoms with E-state index in [1.54, 1.807) is 11.3 Å². The van der Waals surface area contributed by atoms with Crippen LogP contribution in [0.1, 0.15) is 4.88 Å². The number of alkyl halides is 1. The Bertz CT molecular complexity index is 452. The molecule has 0 aliphatic rings. The number of rotatable bonds is 1. The van der Waals surface area contributed by atoms with Gasteiger partial charge in [-0.25, -0.2) is 0 Å².